The van der Waals surface area contributed by atoms with Crippen LogP contribution in [0.4, 0.5) is 0 Å². The SMILES string of the molecule is CC1=C2CC(C)(C)OC2ON=C1c1ccccc1. The van der Waals surface area contributed by atoms with Gasteiger partial charge in [-0.25, -0.2) is 0 Å². The van der Waals surface area contributed by atoms with Crippen molar-refractivity contribution < 1.29 is 9.57 Å². The van der Waals surface area contributed by atoms with Crippen molar-refractivity contribution in [2.24, 2.45) is 5.16 Å². The average Bonchev–Trinajstić information content (AvgIpc) is 2.66. The van der Waals surface area contributed by atoms with E-state index in [1.165, 1.54) is 11.1 Å². The standard InChI is InChI=1S/C15H17NO2/c1-10-12-9-15(2,3)17-14(12)18-16-13(10)11-7-5-4-6-8-11/h4-8,14H,9H2,1-3H3. The Labute approximate surface area is 107 Å². The van der Waals surface area contributed by atoms with Gasteiger partial charge in [-0.2, -0.15) is 0 Å². The number of fused-ring (bicyclic) bond motifs is 1. The number of benzene rings is 1. The van der Waals surface area contributed by atoms with Gasteiger partial charge in [0.25, 0.3) is 0 Å². The summed E-state index contributed by atoms with van der Waals surface area (Å²) < 4.78 is 5.82. The minimum Gasteiger partial charge on any atom is -0.358 e. The molecule has 2 heterocycles. The molecule has 0 amide bonds. The average molecular weight is 243 g/mol. The van der Waals surface area contributed by atoms with Gasteiger partial charge in [0.15, 0.2) is 0 Å². The number of ether oxygens (including phenoxy) is 1. The molecule has 2 aliphatic heterocycles. The Hall–Kier alpha value is -1.61. The maximum atomic E-state index is 5.82. The van der Waals surface area contributed by atoms with E-state index in [0.29, 0.717) is 0 Å². The third-order valence-electron chi connectivity index (χ3n) is 3.45. The van der Waals surface area contributed by atoms with Crippen molar-refractivity contribution in [1.29, 1.82) is 0 Å². The molecule has 1 atom stereocenters. The molecule has 0 radical (unpaired) electrons. The second-order valence-corrected chi connectivity index (χ2v) is 5.45. The topological polar surface area (TPSA) is 30.8 Å². The molecule has 1 unspecified atom stereocenters. The van der Waals surface area contributed by atoms with E-state index in [0.717, 1.165) is 17.7 Å². The zero-order valence-electron chi connectivity index (χ0n) is 10.9. The van der Waals surface area contributed by atoms with Crippen LogP contribution in [0.1, 0.15) is 32.8 Å². The van der Waals surface area contributed by atoms with Crippen LogP contribution in [0.15, 0.2) is 46.6 Å². The van der Waals surface area contributed by atoms with Crippen LogP contribution in [0.2, 0.25) is 0 Å². The van der Waals surface area contributed by atoms with Crippen molar-refractivity contribution >= 4 is 5.71 Å². The van der Waals surface area contributed by atoms with Crippen LogP contribution < -0.4 is 0 Å². The molecule has 3 rings (SSSR count). The lowest BCUT2D eigenvalue weighted by Gasteiger charge is -2.20. The molecule has 0 N–H and O–H groups in total. The summed E-state index contributed by atoms with van der Waals surface area (Å²) in [5, 5.41) is 4.22. The Morgan fingerprint density at radius 1 is 1.22 bits per heavy atom. The van der Waals surface area contributed by atoms with Gasteiger partial charge in [0, 0.05) is 17.6 Å². The number of hydrogen-bond donors (Lipinski definition) is 0. The first-order valence-corrected chi connectivity index (χ1v) is 6.24. The number of nitrogens with zero attached hydrogens (tertiary/aromatic N) is 1. The first-order valence-electron chi connectivity index (χ1n) is 6.24. The van der Waals surface area contributed by atoms with Crippen LogP contribution in [0.3, 0.4) is 0 Å². The minimum absolute atomic E-state index is 0.164. The van der Waals surface area contributed by atoms with E-state index in [4.69, 9.17) is 9.57 Å². The molecule has 1 saturated heterocycles. The predicted octanol–water partition coefficient (Wildman–Crippen LogP) is 3.26. The van der Waals surface area contributed by atoms with Crippen LogP contribution in [-0.2, 0) is 9.57 Å². The fraction of sp³-hybridized carbons (Fsp3) is 0.400. The Balaban J connectivity index is 1.99. The maximum absolute atomic E-state index is 5.82. The Morgan fingerprint density at radius 2 is 1.94 bits per heavy atom. The van der Waals surface area contributed by atoms with Gasteiger partial charge < -0.3 is 9.57 Å². The highest BCUT2D eigenvalue weighted by Gasteiger charge is 2.41. The molecule has 3 nitrogen and oxygen atoms in total. The summed E-state index contributed by atoms with van der Waals surface area (Å²) in [6.07, 6.45) is 0.600. The van der Waals surface area contributed by atoms with Crippen LogP contribution in [0, 0.1) is 0 Å². The molecule has 0 aliphatic carbocycles. The Bertz CT molecular complexity index is 529. The van der Waals surface area contributed by atoms with Crippen molar-refractivity contribution in [1.82, 2.24) is 0 Å². The van der Waals surface area contributed by atoms with Gasteiger partial charge in [0.05, 0.1) is 5.60 Å². The lowest BCUT2D eigenvalue weighted by Crippen LogP contribution is -2.23. The van der Waals surface area contributed by atoms with Gasteiger partial charge in [-0.05, 0) is 26.3 Å². The van der Waals surface area contributed by atoms with E-state index in [1.54, 1.807) is 0 Å². The van der Waals surface area contributed by atoms with Crippen LogP contribution in [0.5, 0.6) is 0 Å². The molecular formula is C15H17NO2. The molecule has 18 heavy (non-hydrogen) atoms. The number of oxime groups is 1. The summed E-state index contributed by atoms with van der Waals surface area (Å²) in [6.45, 7) is 6.26. The third-order valence-corrected chi connectivity index (χ3v) is 3.45. The van der Waals surface area contributed by atoms with E-state index in [1.807, 2.05) is 30.3 Å². The summed E-state index contributed by atoms with van der Waals surface area (Å²) in [6, 6.07) is 10.1. The van der Waals surface area contributed by atoms with E-state index in [-0.39, 0.29) is 11.9 Å². The minimum atomic E-state index is -0.299. The fourth-order valence-corrected chi connectivity index (χ4v) is 2.53. The monoisotopic (exact) mass is 243 g/mol. The second-order valence-electron chi connectivity index (χ2n) is 5.45. The summed E-state index contributed by atoms with van der Waals surface area (Å²) in [5.74, 6) is 0. The van der Waals surface area contributed by atoms with Crippen molar-refractivity contribution in [3.05, 3.63) is 47.0 Å². The normalized spacial score (nSPS) is 25.5. The van der Waals surface area contributed by atoms with Crippen LogP contribution >= 0.6 is 0 Å². The Morgan fingerprint density at radius 3 is 2.67 bits per heavy atom. The van der Waals surface area contributed by atoms with Gasteiger partial charge >= 0.3 is 0 Å². The highest BCUT2D eigenvalue weighted by molar-refractivity contribution is 6.12. The van der Waals surface area contributed by atoms with Gasteiger partial charge in [-0.15, -0.1) is 0 Å². The summed E-state index contributed by atoms with van der Waals surface area (Å²) in [5.41, 5.74) is 4.24. The quantitative estimate of drug-likeness (QED) is 0.758. The maximum Gasteiger partial charge on any atom is 0.250 e. The Kier molecular flexibility index (Phi) is 2.52. The lowest BCUT2D eigenvalue weighted by atomic mass is 9.93. The zero-order chi connectivity index (χ0) is 12.8. The lowest BCUT2D eigenvalue weighted by molar-refractivity contribution is -0.147. The summed E-state index contributed by atoms with van der Waals surface area (Å²) >= 11 is 0. The summed E-state index contributed by atoms with van der Waals surface area (Å²) in [4.78, 5) is 5.48. The number of hydrogen-bond acceptors (Lipinski definition) is 3. The van der Waals surface area contributed by atoms with E-state index >= 15 is 0 Å². The molecular weight excluding hydrogens is 226 g/mol. The predicted molar refractivity (Wildman–Crippen MR) is 70.3 cm³/mol. The van der Waals surface area contributed by atoms with Crippen molar-refractivity contribution in [3.63, 3.8) is 0 Å². The van der Waals surface area contributed by atoms with E-state index < -0.39 is 0 Å². The zero-order valence-corrected chi connectivity index (χ0v) is 10.9. The van der Waals surface area contributed by atoms with Crippen molar-refractivity contribution in [2.45, 2.75) is 39.1 Å². The van der Waals surface area contributed by atoms with E-state index in [2.05, 4.69) is 25.9 Å². The molecule has 0 aromatic heterocycles. The first-order chi connectivity index (χ1) is 8.57. The number of allylic oxidation sites excluding steroid dienone is 1. The molecule has 1 aromatic rings. The molecule has 0 bridgehead atoms. The molecule has 3 heteroatoms. The molecule has 0 saturated carbocycles. The van der Waals surface area contributed by atoms with E-state index in [9.17, 15) is 0 Å². The van der Waals surface area contributed by atoms with Crippen LogP contribution in [-0.4, -0.2) is 17.6 Å². The molecule has 2 aliphatic rings. The molecule has 94 valence electrons. The van der Waals surface area contributed by atoms with Crippen molar-refractivity contribution in [2.75, 3.05) is 0 Å². The highest BCUT2D eigenvalue weighted by Crippen LogP contribution is 2.39. The molecule has 1 fully saturated rings. The molecule has 1 aromatic carbocycles. The van der Waals surface area contributed by atoms with Gasteiger partial charge in [0.2, 0.25) is 6.29 Å². The largest absolute Gasteiger partial charge is 0.358 e. The highest BCUT2D eigenvalue weighted by atomic mass is 16.8. The fourth-order valence-electron chi connectivity index (χ4n) is 2.53. The van der Waals surface area contributed by atoms with Crippen molar-refractivity contribution in [3.8, 4) is 0 Å². The van der Waals surface area contributed by atoms with Gasteiger partial charge in [0.1, 0.15) is 5.71 Å². The molecule has 0 spiro atoms. The number of rotatable bonds is 1. The summed E-state index contributed by atoms with van der Waals surface area (Å²) in [7, 11) is 0. The van der Waals surface area contributed by atoms with Gasteiger partial charge in [-0.1, -0.05) is 35.5 Å². The first kappa shape index (κ1) is 11.5. The smallest absolute Gasteiger partial charge is 0.250 e. The third kappa shape index (κ3) is 1.85. The van der Waals surface area contributed by atoms with Gasteiger partial charge in [-0.3, -0.25) is 0 Å². The second kappa shape index (κ2) is 3.95. The van der Waals surface area contributed by atoms with Crippen LogP contribution in [0.25, 0.3) is 0 Å².